The quantitative estimate of drug-likeness (QED) is 0.933. The van der Waals surface area contributed by atoms with E-state index in [1.807, 2.05) is 0 Å². The van der Waals surface area contributed by atoms with Gasteiger partial charge in [-0.1, -0.05) is 6.42 Å². The summed E-state index contributed by atoms with van der Waals surface area (Å²) in [6.45, 7) is 0. The van der Waals surface area contributed by atoms with Crippen molar-refractivity contribution in [2.45, 2.75) is 50.2 Å². The molecule has 2 saturated heterocycles. The summed E-state index contributed by atoms with van der Waals surface area (Å²) in [5.74, 6) is -0.262. The molecule has 0 aromatic heterocycles. The van der Waals surface area contributed by atoms with Crippen molar-refractivity contribution in [2.24, 2.45) is 0 Å². The fourth-order valence-corrected chi connectivity index (χ4v) is 3.85. The topological polar surface area (TPSA) is 41.6 Å². The number of amides is 1. The number of carbonyl (C=O) groups excluding carboxylic acids is 1. The summed E-state index contributed by atoms with van der Waals surface area (Å²) in [6.07, 6.45) is 5.61. The molecule has 1 amide bonds. The third-order valence-corrected chi connectivity index (χ3v) is 5.08. The van der Waals surface area contributed by atoms with Gasteiger partial charge in [0.25, 0.3) is 5.91 Å². The number of ether oxygens (including phenoxy) is 1. The van der Waals surface area contributed by atoms with Crippen molar-refractivity contribution in [3.8, 4) is 5.75 Å². The van der Waals surface area contributed by atoms with Gasteiger partial charge >= 0.3 is 0 Å². The highest BCUT2D eigenvalue weighted by Crippen LogP contribution is 2.33. The average molecular weight is 306 g/mol. The first-order valence-electron chi connectivity index (χ1n) is 7.95. The van der Waals surface area contributed by atoms with E-state index in [-0.39, 0.29) is 17.5 Å². The van der Waals surface area contributed by atoms with E-state index in [2.05, 4.69) is 17.3 Å². The number of hydrogen-bond acceptors (Lipinski definition) is 3. The van der Waals surface area contributed by atoms with Crippen LogP contribution in [0.1, 0.15) is 42.5 Å². The van der Waals surface area contributed by atoms with Gasteiger partial charge in [-0.3, -0.25) is 4.79 Å². The third kappa shape index (κ3) is 2.95. The Balaban J connectivity index is 1.71. The normalized spacial score (nSPS) is 28.2. The molecule has 0 saturated carbocycles. The Hall–Kier alpha value is -1.62. The zero-order valence-corrected chi connectivity index (χ0v) is 13.1. The van der Waals surface area contributed by atoms with E-state index in [4.69, 9.17) is 4.74 Å². The van der Waals surface area contributed by atoms with Crippen LogP contribution in [-0.2, 0) is 0 Å². The van der Waals surface area contributed by atoms with Crippen LogP contribution in [0.25, 0.3) is 0 Å². The summed E-state index contributed by atoms with van der Waals surface area (Å²) in [7, 11) is 3.67. The molecule has 1 N–H and O–H groups in total. The Morgan fingerprint density at radius 3 is 2.64 bits per heavy atom. The Bertz CT molecular complexity index is 550. The summed E-state index contributed by atoms with van der Waals surface area (Å²) >= 11 is 0. The minimum absolute atomic E-state index is 0.159. The Kier molecular flexibility index (Phi) is 4.34. The second-order valence-electron chi connectivity index (χ2n) is 6.39. The van der Waals surface area contributed by atoms with E-state index < -0.39 is 5.82 Å². The molecule has 2 heterocycles. The van der Waals surface area contributed by atoms with Gasteiger partial charge < -0.3 is 15.0 Å². The first-order chi connectivity index (χ1) is 10.6. The third-order valence-electron chi connectivity index (χ3n) is 5.08. The first kappa shape index (κ1) is 15.3. The van der Waals surface area contributed by atoms with E-state index in [0.717, 1.165) is 12.8 Å². The van der Waals surface area contributed by atoms with Crippen molar-refractivity contribution in [2.75, 3.05) is 14.2 Å². The van der Waals surface area contributed by atoms with Gasteiger partial charge in [0, 0.05) is 18.1 Å². The lowest BCUT2D eigenvalue weighted by Gasteiger charge is -2.47. The molecule has 1 aromatic rings. The number of fused-ring (bicyclic) bond motifs is 2. The second-order valence-corrected chi connectivity index (χ2v) is 6.39. The highest BCUT2D eigenvalue weighted by Gasteiger charge is 2.36. The minimum Gasteiger partial charge on any atom is -0.496 e. The molecular weight excluding hydrogens is 283 g/mol. The van der Waals surface area contributed by atoms with Crippen molar-refractivity contribution >= 4 is 5.91 Å². The molecule has 2 aliphatic rings. The van der Waals surface area contributed by atoms with Crippen LogP contribution in [0.15, 0.2) is 18.2 Å². The molecule has 2 atom stereocenters. The maximum absolute atomic E-state index is 13.4. The molecule has 0 aliphatic carbocycles. The highest BCUT2D eigenvalue weighted by atomic mass is 19.1. The van der Waals surface area contributed by atoms with Crippen LogP contribution in [0.5, 0.6) is 5.75 Å². The van der Waals surface area contributed by atoms with Gasteiger partial charge in [0.05, 0.1) is 12.7 Å². The van der Waals surface area contributed by atoms with E-state index in [0.29, 0.717) is 17.8 Å². The number of hydrogen-bond donors (Lipinski definition) is 1. The number of piperidine rings is 2. The van der Waals surface area contributed by atoms with Crippen LogP contribution < -0.4 is 10.1 Å². The minimum atomic E-state index is -0.425. The van der Waals surface area contributed by atoms with Crippen molar-refractivity contribution in [1.82, 2.24) is 10.2 Å². The molecular formula is C17H23FN2O2. The van der Waals surface area contributed by atoms with Gasteiger partial charge in [-0.05, 0) is 50.9 Å². The number of rotatable bonds is 3. The maximum atomic E-state index is 13.4. The van der Waals surface area contributed by atoms with Gasteiger partial charge in [0.15, 0.2) is 0 Å². The van der Waals surface area contributed by atoms with E-state index in [9.17, 15) is 9.18 Å². The van der Waals surface area contributed by atoms with Gasteiger partial charge in [-0.25, -0.2) is 4.39 Å². The first-order valence-corrected chi connectivity index (χ1v) is 7.95. The van der Waals surface area contributed by atoms with Crippen molar-refractivity contribution in [3.05, 3.63) is 29.6 Å². The van der Waals surface area contributed by atoms with Gasteiger partial charge in [0.2, 0.25) is 0 Å². The highest BCUT2D eigenvalue weighted by molar-refractivity contribution is 5.97. The largest absolute Gasteiger partial charge is 0.496 e. The lowest BCUT2D eigenvalue weighted by atomic mass is 9.82. The molecule has 4 nitrogen and oxygen atoms in total. The monoisotopic (exact) mass is 306 g/mol. The smallest absolute Gasteiger partial charge is 0.255 e. The predicted octanol–water partition coefficient (Wildman–Crippen LogP) is 2.58. The molecule has 3 rings (SSSR count). The standard InChI is InChI=1S/C17H23FN2O2/c1-20-13-4-3-5-14(20)10-12(9-13)19-17(21)15-8-11(18)6-7-16(15)22-2/h6-8,12-14H,3-5,9-10H2,1-2H3,(H,19,21). The van der Waals surface area contributed by atoms with Gasteiger partial charge in [-0.2, -0.15) is 0 Å². The molecule has 0 radical (unpaired) electrons. The summed E-state index contributed by atoms with van der Waals surface area (Å²) in [4.78, 5) is 14.9. The van der Waals surface area contributed by atoms with Crippen LogP contribution in [0.3, 0.4) is 0 Å². The van der Waals surface area contributed by atoms with E-state index in [1.165, 1.54) is 44.6 Å². The van der Waals surface area contributed by atoms with Crippen molar-refractivity contribution in [1.29, 1.82) is 0 Å². The van der Waals surface area contributed by atoms with E-state index >= 15 is 0 Å². The Morgan fingerprint density at radius 1 is 1.32 bits per heavy atom. The molecule has 1 aromatic carbocycles. The van der Waals surface area contributed by atoms with E-state index in [1.54, 1.807) is 0 Å². The van der Waals surface area contributed by atoms with Crippen LogP contribution >= 0.6 is 0 Å². The van der Waals surface area contributed by atoms with Crippen molar-refractivity contribution < 1.29 is 13.9 Å². The average Bonchev–Trinajstić information content (AvgIpc) is 2.48. The van der Waals surface area contributed by atoms with Crippen molar-refractivity contribution in [3.63, 3.8) is 0 Å². The van der Waals surface area contributed by atoms with Crippen LogP contribution in [0, 0.1) is 5.82 Å². The maximum Gasteiger partial charge on any atom is 0.255 e. The summed E-state index contributed by atoms with van der Waals surface area (Å²) in [6, 6.07) is 5.29. The number of nitrogens with zero attached hydrogens (tertiary/aromatic N) is 1. The molecule has 5 heteroatoms. The summed E-state index contributed by atoms with van der Waals surface area (Å²) in [5, 5.41) is 3.07. The molecule has 2 bridgehead atoms. The van der Waals surface area contributed by atoms with Crippen LogP contribution in [-0.4, -0.2) is 43.1 Å². The van der Waals surface area contributed by atoms with Crippen LogP contribution in [0.4, 0.5) is 4.39 Å². The lowest BCUT2D eigenvalue weighted by molar-refractivity contribution is 0.0462. The summed E-state index contributed by atoms with van der Waals surface area (Å²) < 4.78 is 18.6. The molecule has 2 aliphatic heterocycles. The van der Waals surface area contributed by atoms with Gasteiger partial charge in [-0.15, -0.1) is 0 Å². The zero-order chi connectivity index (χ0) is 15.7. The van der Waals surface area contributed by atoms with Gasteiger partial charge in [0.1, 0.15) is 11.6 Å². The lowest BCUT2D eigenvalue weighted by Crippen LogP contribution is -2.55. The van der Waals surface area contributed by atoms with Crippen LogP contribution in [0.2, 0.25) is 0 Å². The molecule has 22 heavy (non-hydrogen) atoms. The number of benzene rings is 1. The SMILES string of the molecule is COc1ccc(F)cc1C(=O)NC1CC2CCCC(C1)N2C. The molecule has 120 valence electrons. The fraction of sp³-hybridized carbons (Fsp3) is 0.588. The molecule has 2 fully saturated rings. The number of halogens is 1. The zero-order valence-electron chi connectivity index (χ0n) is 13.1. The predicted molar refractivity (Wildman–Crippen MR) is 82.6 cm³/mol. The summed E-state index contributed by atoms with van der Waals surface area (Å²) in [5.41, 5.74) is 0.270. The molecule has 0 spiro atoms. The number of carbonyl (C=O) groups is 1. The second kappa shape index (κ2) is 6.24. The Morgan fingerprint density at radius 2 is 2.00 bits per heavy atom. The Labute approximate surface area is 130 Å². The molecule has 2 unspecified atom stereocenters. The fourth-order valence-electron chi connectivity index (χ4n) is 3.85. The number of nitrogens with one attached hydrogen (secondary N) is 1. The number of methoxy groups -OCH3 is 1.